The molecular formula is C24H32N3O3+. The van der Waals surface area contributed by atoms with Crippen LogP contribution in [-0.4, -0.2) is 18.8 Å². The van der Waals surface area contributed by atoms with Crippen molar-refractivity contribution in [3.63, 3.8) is 0 Å². The molecule has 1 aromatic carbocycles. The van der Waals surface area contributed by atoms with Crippen molar-refractivity contribution in [2.24, 2.45) is 4.99 Å². The van der Waals surface area contributed by atoms with Crippen LogP contribution >= 0.6 is 0 Å². The summed E-state index contributed by atoms with van der Waals surface area (Å²) in [6.45, 7) is 4.94. The number of carbonyl (C=O) groups is 1. The maximum atomic E-state index is 12.1. The van der Waals surface area contributed by atoms with Crippen molar-refractivity contribution in [2.45, 2.75) is 65.3 Å². The van der Waals surface area contributed by atoms with Gasteiger partial charge in [-0.05, 0) is 31.0 Å². The van der Waals surface area contributed by atoms with Gasteiger partial charge in [0.25, 0.3) is 0 Å². The number of aryl methyl sites for hydroxylation is 2. The van der Waals surface area contributed by atoms with E-state index < -0.39 is 6.09 Å². The zero-order valence-electron chi connectivity index (χ0n) is 18.0. The summed E-state index contributed by atoms with van der Waals surface area (Å²) in [5, 5.41) is 2.67. The van der Waals surface area contributed by atoms with E-state index in [-0.39, 0.29) is 6.61 Å². The van der Waals surface area contributed by atoms with Crippen LogP contribution in [0, 0.1) is 6.92 Å². The highest BCUT2D eigenvalue weighted by atomic mass is 16.5. The Morgan fingerprint density at radius 3 is 2.73 bits per heavy atom. The third kappa shape index (κ3) is 8.18. The molecule has 160 valence electrons. The Kier molecular flexibility index (Phi) is 10.3. The van der Waals surface area contributed by atoms with Crippen molar-refractivity contribution < 1.29 is 18.9 Å². The third-order valence-corrected chi connectivity index (χ3v) is 5.01. The van der Waals surface area contributed by atoms with Gasteiger partial charge in [0.15, 0.2) is 25.0 Å². The van der Waals surface area contributed by atoms with Gasteiger partial charge in [-0.15, -0.1) is 0 Å². The molecule has 0 radical (unpaired) electrons. The van der Waals surface area contributed by atoms with Crippen LogP contribution in [0.4, 0.5) is 16.2 Å². The smallest absolute Gasteiger partial charge is 0.411 e. The second-order valence-electron chi connectivity index (χ2n) is 7.37. The van der Waals surface area contributed by atoms with E-state index in [1.807, 2.05) is 25.3 Å². The van der Waals surface area contributed by atoms with Crippen molar-refractivity contribution in [1.82, 2.24) is 0 Å². The second-order valence-corrected chi connectivity index (χ2v) is 7.37. The first-order valence-corrected chi connectivity index (χ1v) is 10.7. The molecule has 6 heteroatoms. The fraction of sp³-hybridized carbons (Fsp3) is 0.458. The minimum absolute atomic E-state index is 0.273. The lowest BCUT2D eigenvalue weighted by molar-refractivity contribution is -0.705. The van der Waals surface area contributed by atoms with E-state index in [9.17, 15) is 9.59 Å². The van der Waals surface area contributed by atoms with E-state index in [1.54, 1.807) is 18.2 Å². The van der Waals surface area contributed by atoms with Crippen LogP contribution in [0.3, 0.4) is 0 Å². The van der Waals surface area contributed by atoms with Crippen LogP contribution in [0.25, 0.3) is 0 Å². The summed E-state index contributed by atoms with van der Waals surface area (Å²) >= 11 is 0. The number of aliphatic imine (C=N–C) groups is 1. The molecule has 2 aromatic rings. The minimum Gasteiger partial charge on any atom is -0.443 e. The first-order valence-electron chi connectivity index (χ1n) is 10.7. The van der Waals surface area contributed by atoms with Crippen LogP contribution in [0.1, 0.15) is 56.7 Å². The Balaban J connectivity index is 1.79. The van der Waals surface area contributed by atoms with E-state index in [0.717, 1.165) is 12.0 Å². The molecule has 30 heavy (non-hydrogen) atoms. The number of carbonyl (C=O) groups excluding carboxylic acids is 2. The van der Waals surface area contributed by atoms with Crippen molar-refractivity contribution in [3.8, 4) is 0 Å². The lowest BCUT2D eigenvalue weighted by atomic mass is 10.1. The largest absolute Gasteiger partial charge is 0.443 e. The molecule has 1 N–H and O–H groups in total. The molecule has 2 rings (SSSR count). The predicted molar refractivity (Wildman–Crippen MR) is 118 cm³/mol. The normalized spacial score (nSPS) is 10.3. The molecule has 0 aliphatic heterocycles. The Bertz CT molecular complexity index is 861. The van der Waals surface area contributed by atoms with Crippen molar-refractivity contribution >= 4 is 23.5 Å². The SMILES string of the molecule is CCCCCCCCc1cccc[n+]1CCOC(=O)Nc1ccc(C)c(N=C=O)c1. The number of rotatable bonds is 12. The Labute approximate surface area is 179 Å². The lowest BCUT2D eigenvalue weighted by Crippen LogP contribution is -2.40. The van der Waals surface area contributed by atoms with E-state index in [4.69, 9.17) is 4.74 Å². The summed E-state index contributed by atoms with van der Waals surface area (Å²) < 4.78 is 7.47. The molecule has 0 fully saturated rings. The topological polar surface area (TPSA) is 71.6 Å². The van der Waals surface area contributed by atoms with Crippen LogP contribution in [0.5, 0.6) is 0 Å². The van der Waals surface area contributed by atoms with Gasteiger partial charge in [0.2, 0.25) is 6.08 Å². The molecule has 1 heterocycles. The predicted octanol–water partition coefficient (Wildman–Crippen LogP) is 5.40. The highest BCUT2D eigenvalue weighted by Gasteiger charge is 2.11. The number of hydrogen-bond donors (Lipinski definition) is 1. The maximum absolute atomic E-state index is 12.1. The summed E-state index contributed by atoms with van der Waals surface area (Å²) in [5.41, 5.74) is 3.08. The number of isocyanates is 1. The van der Waals surface area contributed by atoms with Crippen LogP contribution in [-0.2, 0) is 22.5 Å². The monoisotopic (exact) mass is 410 g/mol. The van der Waals surface area contributed by atoms with Crippen molar-refractivity contribution in [3.05, 3.63) is 53.9 Å². The number of nitrogens with zero attached hydrogens (tertiary/aromatic N) is 2. The van der Waals surface area contributed by atoms with Gasteiger partial charge in [-0.2, -0.15) is 9.56 Å². The molecule has 0 unspecified atom stereocenters. The second kappa shape index (κ2) is 13.3. The van der Waals surface area contributed by atoms with Gasteiger partial charge in [0.1, 0.15) is 0 Å². The standard InChI is InChI=1S/C24H31N3O3/c1-3-4-5-6-7-8-11-22-12-9-10-15-27(22)16-17-30-24(29)26-21-14-13-20(2)23(18-21)25-19-28/h9-10,12-15,18H,3-8,11,16-17H2,1-2H3/p+1. The van der Waals surface area contributed by atoms with Crippen molar-refractivity contribution in [1.29, 1.82) is 0 Å². The molecule has 0 spiro atoms. The molecule has 0 atom stereocenters. The molecule has 1 aromatic heterocycles. The zero-order chi connectivity index (χ0) is 21.6. The van der Waals surface area contributed by atoms with Gasteiger partial charge in [0, 0.05) is 24.2 Å². The lowest BCUT2D eigenvalue weighted by Gasteiger charge is -2.08. The number of nitrogens with one attached hydrogen (secondary N) is 1. The highest BCUT2D eigenvalue weighted by Crippen LogP contribution is 2.22. The molecule has 0 bridgehead atoms. The van der Waals surface area contributed by atoms with E-state index in [1.165, 1.54) is 50.3 Å². The Morgan fingerprint density at radius 2 is 1.93 bits per heavy atom. The number of ether oxygens (including phenoxy) is 1. The average molecular weight is 411 g/mol. The third-order valence-electron chi connectivity index (χ3n) is 5.01. The average Bonchev–Trinajstić information content (AvgIpc) is 2.74. The van der Waals surface area contributed by atoms with Gasteiger partial charge in [-0.25, -0.2) is 9.59 Å². The first kappa shape index (κ1) is 23.3. The summed E-state index contributed by atoms with van der Waals surface area (Å²) in [5.74, 6) is 0. The highest BCUT2D eigenvalue weighted by molar-refractivity contribution is 5.85. The fourth-order valence-electron chi connectivity index (χ4n) is 3.29. The van der Waals surface area contributed by atoms with Gasteiger partial charge >= 0.3 is 6.09 Å². The summed E-state index contributed by atoms with van der Waals surface area (Å²) in [6, 6.07) is 11.3. The van der Waals surface area contributed by atoms with Gasteiger partial charge in [-0.1, -0.05) is 51.2 Å². The van der Waals surface area contributed by atoms with Crippen molar-refractivity contribution in [2.75, 3.05) is 11.9 Å². The van der Waals surface area contributed by atoms with Gasteiger partial charge in [-0.3, -0.25) is 5.32 Å². The van der Waals surface area contributed by atoms with Crippen LogP contribution in [0.2, 0.25) is 0 Å². The zero-order valence-corrected chi connectivity index (χ0v) is 18.0. The summed E-state index contributed by atoms with van der Waals surface area (Å²) in [7, 11) is 0. The minimum atomic E-state index is -0.533. The maximum Gasteiger partial charge on any atom is 0.411 e. The van der Waals surface area contributed by atoms with Gasteiger partial charge in [0.05, 0.1) is 5.69 Å². The first-order chi connectivity index (χ1) is 14.6. The van der Waals surface area contributed by atoms with E-state index >= 15 is 0 Å². The summed E-state index contributed by atoms with van der Waals surface area (Å²) in [4.78, 5) is 26.2. The number of pyridine rings is 1. The molecule has 6 nitrogen and oxygen atoms in total. The number of hydrogen-bond acceptors (Lipinski definition) is 4. The van der Waals surface area contributed by atoms with E-state index in [0.29, 0.717) is 17.9 Å². The molecule has 0 saturated heterocycles. The number of unbranched alkanes of at least 4 members (excludes halogenated alkanes) is 5. The number of aromatic nitrogens is 1. The Hall–Kier alpha value is -2.98. The quantitative estimate of drug-likeness (QED) is 0.220. The molecule has 0 saturated carbocycles. The number of anilines is 1. The molecular weight excluding hydrogens is 378 g/mol. The number of benzene rings is 1. The molecule has 1 amide bonds. The molecule has 0 aliphatic rings. The van der Waals surface area contributed by atoms with Crippen LogP contribution in [0.15, 0.2) is 47.6 Å². The van der Waals surface area contributed by atoms with Gasteiger partial charge < -0.3 is 4.74 Å². The fourth-order valence-corrected chi connectivity index (χ4v) is 3.29. The molecule has 0 aliphatic carbocycles. The number of amides is 1. The summed E-state index contributed by atoms with van der Waals surface area (Å²) in [6.07, 6.45) is 11.7. The van der Waals surface area contributed by atoms with E-state index in [2.05, 4.69) is 27.9 Å². The van der Waals surface area contributed by atoms with Crippen LogP contribution < -0.4 is 9.88 Å². The Morgan fingerprint density at radius 1 is 1.13 bits per heavy atom.